The second-order valence-corrected chi connectivity index (χ2v) is 4.31. The topological polar surface area (TPSA) is 92.4 Å². The van der Waals surface area contributed by atoms with Crippen LogP contribution in [0.3, 0.4) is 0 Å². The van der Waals surface area contributed by atoms with Gasteiger partial charge in [0.2, 0.25) is 5.91 Å². The fourth-order valence-electron chi connectivity index (χ4n) is 1.24. The monoisotopic (exact) mass is 230 g/mol. The van der Waals surface area contributed by atoms with E-state index in [-0.39, 0.29) is 5.92 Å². The molecule has 0 bridgehead atoms. The molecule has 0 aliphatic rings. The van der Waals surface area contributed by atoms with Crippen LogP contribution in [0.2, 0.25) is 0 Å². The molecule has 0 aliphatic carbocycles. The van der Waals surface area contributed by atoms with E-state index in [2.05, 4.69) is 5.32 Å². The van der Waals surface area contributed by atoms with Crippen LogP contribution in [0.15, 0.2) is 0 Å². The van der Waals surface area contributed by atoms with E-state index in [1.54, 1.807) is 0 Å². The van der Waals surface area contributed by atoms with Crippen LogP contribution < -0.4 is 11.1 Å². The number of hydrogen-bond donors (Lipinski definition) is 3. The van der Waals surface area contributed by atoms with Gasteiger partial charge in [-0.3, -0.25) is 4.79 Å². The number of amides is 1. The van der Waals surface area contributed by atoms with E-state index in [0.717, 1.165) is 12.8 Å². The molecule has 0 fully saturated rings. The molecule has 1 unspecified atom stereocenters. The third kappa shape index (κ3) is 5.11. The van der Waals surface area contributed by atoms with E-state index in [9.17, 15) is 9.59 Å². The molecule has 0 aromatic heterocycles. The molecule has 0 aromatic carbocycles. The van der Waals surface area contributed by atoms with Gasteiger partial charge in [-0.25, -0.2) is 4.79 Å². The number of hydrogen-bond acceptors (Lipinski definition) is 3. The van der Waals surface area contributed by atoms with Crippen LogP contribution in [0, 0.1) is 5.92 Å². The molecule has 5 heteroatoms. The Labute approximate surface area is 96.4 Å². The first-order valence-corrected chi connectivity index (χ1v) is 5.68. The standard InChI is InChI=1S/C11H22N2O3/c1-4-5-6-8(11(15)16)13-10(14)9(12)7(2)3/h7-9H,4-6,12H2,1-3H3,(H,13,14)(H,15,16)/t8?,9-/m1/s1. The molecule has 0 heterocycles. The molecule has 1 amide bonds. The second kappa shape index (κ2) is 7.22. The number of rotatable bonds is 7. The maximum atomic E-state index is 11.6. The fourth-order valence-corrected chi connectivity index (χ4v) is 1.24. The van der Waals surface area contributed by atoms with Gasteiger partial charge < -0.3 is 16.2 Å². The lowest BCUT2D eigenvalue weighted by molar-refractivity contribution is -0.142. The highest BCUT2D eigenvalue weighted by Gasteiger charge is 2.24. The van der Waals surface area contributed by atoms with Gasteiger partial charge in [0, 0.05) is 0 Å². The summed E-state index contributed by atoms with van der Waals surface area (Å²) in [5, 5.41) is 11.4. The third-order valence-corrected chi connectivity index (χ3v) is 2.48. The van der Waals surface area contributed by atoms with Crippen LogP contribution in [-0.4, -0.2) is 29.1 Å². The van der Waals surface area contributed by atoms with Crippen LogP contribution in [0.5, 0.6) is 0 Å². The Morgan fingerprint density at radius 2 is 1.94 bits per heavy atom. The van der Waals surface area contributed by atoms with Gasteiger partial charge in [0.25, 0.3) is 0 Å². The maximum absolute atomic E-state index is 11.6. The lowest BCUT2D eigenvalue weighted by Crippen LogP contribution is -2.50. The van der Waals surface area contributed by atoms with Crippen molar-refractivity contribution in [1.82, 2.24) is 5.32 Å². The lowest BCUT2D eigenvalue weighted by Gasteiger charge is -2.19. The molecule has 0 rings (SSSR count). The van der Waals surface area contributed by atoms with Crippen molar-refractivity contribution in [3.05, 3.63) is 0 Å². The number of carboxylic acid groups (broad SMARTS) is 1. The van der Waals surface area contributed by atoms with Gasteiger partial charge in [0.1, 0.15) is 6.04 Å². The minimum atomic E-state index is -1.00. The number of unbranched alkanes of at least 4 members (excludes halogenated alkanes) is 1. The zero-order chi connectivity index (χ0) is 12.7. The van der Waals surface area contributed by atoms with Crippen LogP contribution in [-0.2, 0) is 9.59 Å². The zero-order valence-electron chi connectivity index (χ0n) is 10.2. The first-order valence-electron chi connectivity index (χ1n) is 5.68. The first-order chi connectivity index (χ1) is 7.40. The van der Waals surface area contributed by atoms with Crippen molar-refractivity contribution >= 4 is 11.9 Å². The van der Waals surface area contributed by atoms with Crippen molar-refractivity contribution in [2.45, 2.75) is 52.1 Å². The Morgan fingerprint density at radius 3 is 2.31 bits per heavy atom. The molecule has 2 atom stereocenters. The summed E-state index contributed by atoms with van der Waals surface area (Å²) in [6, 6.07) is -1.47. The molecule has 0 radical (unpaired) electrons. The smallest absolute Gasteiger partial charge is 0.326 e. The van der Waals surface area contributed by atoms with Crippen molar-refractivity contribution in [3.8, 4) is 0 Å². The Hall–Kier alpha value is -1.10. The molecule has 0 aliphatic heterocycles. The second-order valence-electron chi connectivity index (χ2n) is 4.31. The molecule has 5 nitrogen and oxygen atoms in total. The van der Waals surface area contributed by atoms with Crippen LogP contribution in [0.1, 0.15) is 40.0 Å². The fraction of sp³-hybridized carbons (Fsp3) is 0.818. The average molecular weight is 230 g/mol. The number of nitrogens with two attached hydrogens (primary N) is 1. The number of carbonyl (C=O) groups is 2. The summed E-state index contributed by atoms with van der Waals surface area (Å²) >= 11 is 0. The van der Waals surface area contributed by atoms with Crippen LogP contribution in [0.25, 0.3) is 0 Å². The molecule has 16 heavy (non-hydrogen) atoms. The predicted octanol–water partition coefficient (Wildman–Crippen LogP) is 0.729. The van der Waals surface area contributed by atoms with Gasteiger partial charge in [-0.2, -0.15) is 0 Å². The summed E-state index contributed by atoms with van der Waals surface area (Å²) in [5.74, 6) is -1.39. The molecular formula is C11H22N2O3. The summed E-state index contributed by atoms with van der Waals surface area (Å²) in [7, 11) is 0. The average Bonchev–Trinajstić information content (AvgIpc) is 2.21. The van der Waals surface area contributed by atoms with E-state index in [1.165, 1.54) is 0 Å². The zero-order valence-corrected chi connectivity index (χ0v) is 10.2. The highest BCUT2D eigenvalue weighted by Crippen LogP contribution is 2.03. The number of aliphatic carboxylic acids is 1. The van der Waals surface area contributed by atoms with E-state index < -0.39 is 24.0 Å². The highest BCUT2D eigenvalue weighted by molar-refractivity contribution is 5.86. The van der Waals surface area contributed by atoms with Gasteiger partial charge >= 0.3 is 5.97 Å². The molecule has 94 valence electrons. The first kappa shape index (κ1) is 14.9. The lowest BCUT2D eigenvalue weighted by atomic mass is 10.0. The van der Waals surface area contributed by atoms with E-state index >= 15 is 0 Å². The number of carbonyl (C=O) groups excluding carboxylic acids is 1. The molecule has 0 saturated carbocycles. The quantitative estimate of drug-likeness (QED) is 0.601. The summed E-state index contributed by atoms with van der Waals surface area (Å²) in [4.78, 5) is 22.4. The number of carboxylic acids is 1. The Bertz CT molecular complexity index is 241. The summed E-state index contributed by atoms with van der Waals surface area (Å²) in [5.41, 5.74) is 5.63. The van der Waals surface area contributed by atoms with Gasteiger partial charge in [0.05, 0.1) is 6.04 Å². The minimum Gasteiger partial charge on any atom is -0.480 e. The van der Waals surface area contributed by atoms with Crippen molar-refractivity contribution in [3.63, 3.8) is 0 Å². The third-order valence-electron chi connectivity index (χ3n) is 2.48. The van der Waals surface area contributed by atoms with E-state index in [0.29, 0.717) is 6.42 Å². The normalized spacial score (nSPS) is 14.6. The van der Waals surface area contributed by atoms with Crippen molar-refractivity contribution in [1.29, 1.82) is 0 Å². The largest absolute Gasteiger partial charge is 0.480 e. The van der Waals surface area contributed by atoms with Gasteiger partial charge in [0.15, 0.2) is 0 Å². The SMILES string of the molecule is CCCCC(NC(=O)[C@H](N)C(C)C)C(=O)O. The molecule has 0 aromatic rings. The Balaban J connectivity index is 4.28. The van der Waals surface area contributed by atoms with Crippen LogP contribution in [0.4, 0.5) is 0 Å². The van der Waals surface area contributed by atoms with Gasteiger partial charge in [-0.1, -0.05) is 33.6 Å². The van der Waals surface area contributed by atoms with Gasteiger partial charge in [-0.15, -0.1) is 0 Å². The maximum Gasteiger partial charge on any atom is 0.326 e. The van der Waals surface area contributed by atoms with Crippen LogP contribution >= 0.6 is 0 Å². The minimum absolute atomic E-state index is 0.000574. The highest BCUT2D eigenvalue weighted by atomic mass is 16.4. The van der Waals surface area contributed by atoms with Crippen molar-refractivity contribution in [2.75, 3.05) is 0 Å². The molecule has 4 N–H and O–H groups in total. The predicted molar refractivity (Wildman–Crippen MR) is 61.9 cm³/mol. The van der Waals surface area contributed by atoms with Gasteiger partial charge in [-0.05, 0) is 12.3 Å². The molecule has 0 saturated heterocycles. The number of nitrogens with one attached hydrogen (secondary N) is 1. The molecule has 0 spiro atoms. The summed E-state index contributed by atoms with van der Waals surface area (Å²) in [6.45, 7) is 5.62. The summed E-state index contributed by atoms with van der Waals surface area (Å²) in [6.07, 6.45) is 2.12. The Morgan fingerprint density at radius 1 is 1.38 bits per heavy atom. The summed E-state index contributed by atoms with van der Waals surface area (Å²) < 4.78 is 0. The van der Waals surface area contributed by atoms with E-state index in [4.69, 9.17) is 10.8 Å². The Kier molecular flexibility index (Phi) is 6.72. The van der Waals surface area contributed by atoms with E-state index in [1.807, 2.05) is 20.8 Å². The molecular weight excluding hydrogens is 208 g/mol. The van der Waals surface area contributed by atoms with Crippen molar-refractivity contribution < 1.29 is 14.7 Å². The van der Waals surface area contributed by atoms with Crippen molar-refractivity contribution in [2.24, 2.45) is 11.7 Å².